The Bertz CT molecular complexity index is 763. The summed E-state index contributed by atoms with van der Waals surface area (Å²) in [7, 11) is 0. The zero-order chi connectivity index (χ0) is 15.4. The minimum atomic E-state index is -0.681. The van der Waals surface area contributed by atoms with Crippen molar-refractivity contribution in [3.05, 3.63) is 47.6 Å². The van der Waals surface area contributed by atoms with E-state index in [-0.39, 0.29) is 0 Å². The topological polar surface area (TPSA) is 80.7 Å². The molecular weight excluding hydrogens is 532 g/mol. The number of nitrogens with zero attached hydrogens (tertiary/aromatic N) is 1. The van der Waals surface area contributed by atoms with E-state index in [1.165, 1.54) is 0 Å². The van der Waals surface area contributed by atoms with Crippen molar-refractivity contribution in [3.8, 4) is 0 Å². The summed E-state index contributed by atoms with van der Waals surface area (Å²) < 4.78 is 3.57. The molecule has 1 aliphatic rings. The fourth-order valence-electron chi connectivity index (χ4n) is 2.16. The van der Waals surface area contributed by atoms with Crippen LogP contribution in [0.1, 0.15) is 12.2 Å². The lowest BCUT2D eigenvalue weighted by molar-refractivity contribution is 0.531. The summed E-state index contributed by atoms with van der Waals surface area (Å²) in [6.07, 6.45) is 6.20. The van der Waals surface area contributed by atoms with E-state index >= 15 is 0 Å². The van der Waals surface area contributed by atoms with Gasteiger partial charge in [-0.15, -0.1) is 0 Å². The molecule has 0 fully saturated rings. The average molecular weight is 542 g/mol. The number of hydrogen-bond acceptors (Lipinski definition) is 3. The smallest absolute Gasteiger partial charge is 0.131 e. The van der Waals surface area contributed by atoms with Gasteiger partial charge in [0.15, 0.2) is 0 Å². The number of benzene rings is 1. The molecule has 1 unspecified atom stereocenters. The molecule has 4 nitrogen and oxygen atoms in total. The highest BCUT2D eigenvalue weighted by Crippen LogP contribution is 2.43. The van der Waals surface area contributed by atoms with E-state index in [4.69, 9.17) is 11.5 Å². The molecule has 8 heteroatoms. The minimum Gasteiger partial charge on any atom is -0.399 e. The van der Waals surface area contributed by atoms with Gasteiger partial charge in [-0.25, -0.2) is 4.98 Å². The van der Waals surface area contributed by atoms with Crippen LogP contribution in [0.2, 0.25) is 0 Å². The number of fused-ring (bicyclic) bond motifs is 1. The zero-order valence-electron chi connectivity index (χ0n) is 10.6. The number of imidazole rings is 1. The van der Waals surface area contributed by atoms with Gasteiger partial charge in [0.2, 0.25) is 0 Å². The first-order valence-corrected chi connectivity index (χ1v) is 9.16. The van der Waals surface area contributed by atoms with E-state index in [9.17, 15) is 0 Å². The quantitative estimate of drug-likeness (QED) is 0.365. The summed E-state index contributed by atoms with van der Waals surface area (Å²) in [5.74, 6) is 0.698. The summed E-state index contributed by atoms with van der Waals surface area (Å²) in [4.78, 5) is 7.98. The molecule has 1 atom stereocenters. The van der Waals surface area contributed by atoms with E-state index < -0.39 is 5.54 Å². The minimum absolute atomic E-state index is 0.604. The lowest BCUT2D eigenvalue weighted by Gasteiger charge is -2.24. The first kappa shape index (κ1) is 15.7. The van der Waals surface area contributed by atoms with Crippen LogP contribution in [-0.4, -0.2) is 9.97 Å². The standard InChI is InChI=1S/C13H10Br4N4/c14-6-7(15)9(17)11-10(8(6)16)20-12(21-11)13(19)3-1-5(18)2-4-13/h1-3H,4,18-19H2,(H,20,21). The number of halogens is 4. The Hall–Kier alpha value is -0.150. The second-order valence-electron chi connectivity index (χ2n) is 4.85. The van der Waals surface area contributed by atoms with Gasteiger partial charge in [-0.05, 0) is 76.2 Å². The molecular formula is C13H10Br4N4. The molecule has 0 amide bonds. The molecule has 0 saturated carbocycles. The second-order valence-corrected chi connectivity index (χ2v) is 8.02. The second kappa shape index (κ2) is 5.49. The van der Waals surface area contributed by atoms with Gasteiger partial charge in [-0.1, -0.05) is 12.2 Å². The summed E-state index contributed by atoms with van der Waals surface area (Å²) in [6, 6.07) is 0. The normalized spacial score (nSPS) is 21.9. The van der Waals surface area contributed by atoms with E-state index in [0.717, 1.165) is 34.6 Å². The van der Waals surface area contributed by atoms with Crippen molar-refractivity contribution >= 4 is 74.8 Å². The number of aromatic nitrogens is 2. The largest absolute Gasteiger partial charge is 0.399 e. The fourth-order valence-corrected chi connectivity index (χ4v) is 4.45. The van der Waals surface area contributed by atoms with Crippen molar-refractivity contribution in [2.45, 2.75) is 12.0 Å². The van der Waals surface area contributed by atoms with Crippen LogP contribution in [0.5, 0.6) is 0 Å². The summed E-state index contributed by atoms with van der Waals surface area (Å²) in [5, 5.41) is 0. The maximum atomic E-state index is 6.45. The highest BCUT2D eigenvalue weighted by Gasteiger charge is 2.30. The number of rotatable bonds is 1. The molecule has 0 radical (unpaired) electrons. The molecule has 0 bridgehead atoms. The molecule has 5 N–H and O–H groups in total. The van der Waals surface area contributed by atoms with Gasteiger partial charge in [-0.2, -0.15) is 0 Å². The van der Waals surface area contributed by atoms with Crippen LogP contribution in [0.15, 0.2) is 41.8 Å². The van der Waals surface area contributed by atoms with E-state index in [2.05, 4.69) is 73.7 Å². The van der Waals surface area contributed by atoms with Crippen molar-refractivity contribution in [2.75, 3.05) is 0 Å². The van der Waals surface area contributed by atoms with Gasteiger partial charge in [0.05, 0.1) is 20.0 Å². The molecule has 3 rings (SSSR count). The molecule has 1 aromatic carbocycles. The van der Waals surface area contributed by atoms with Gasteiger partial charge < -0.3 is 16.5 Å². The highest BCUT2D eigenvalue weighted by atomic mass is 79.9. The lowest BCUT2D eigenvalue weighted by Crippen LogP contribution is -2.36. The van der Waals surface area contributed by atoms with Crippen molar-refractivity contribution in [1.82, 2.24) is 9.97 Å². The zero-order valence-corrected chi connectivity index (χ0v) is 16.9. The number of nitrogens with one attached hydrogen (secondary N) is 1. The Labute approximate surface area is 154 Å². The average Bonchev–Trinajstić information content (AvgIpc) is 2.92. The van der Waals surface area contributed by atoms with Gasteiger partial charge >= 0.3 is 0 Å². The Morgan fingerprint density at radius 1 is 1.10 bits per heavy atom. The first-order valence-electron chi connectivity index (χ1n) is 5.99. The Kier molecular flexibility index (Phi) is 4.11. The van der Waals surface area contributed by atoms with E-state index in [0.29, 0.717) is 12.2 Å². The van der Waals surface area contributed by atoms with Crippen molar-refractivity contribution in [2.24, 2.45) is 11.5 Å². The predicted molar refractivity (Wildman–Crippen MR) is 98.8 cm³/mol. The maximum absolute atomic E-state index is 6.45. The third kappa shape index (κ3) is 2.55. The molecule has 21 heavy (non-hydrogen) atoms. The number of allylic oxidation sites excluding steroid dienone is 1. The lowest BCUT2D eigenvalue weighted by atomic mass is 9.91. The molecule has 110 valence electrons. The van der Waals surface area contributed by atoms with Gasteiger partial charge in [0, 0.05) is 14.6 Å². The van der Waals surface area contributed by atoms with Gasteiger partial charge in [-0.3, -0.25) is 0 Å². The number of hydrogen-bond donors (Lipinski definition) is 3. The first-order chi connectivity index (χ1) is 9.83. The van der Waals surface area contributed by atoms with Gasteiger partial charge in [0.25, 0.3) is 0 Å². The summed E-state index contributed by atoms with van der Waals surface area (Å²) in [5.41, 5.74) is 13.9. The predicted octanol–water partition coefficient (Wildman–Crippen LogP) is 4.57. The van der Waals surface area contributed by atoms with Crippen LogP contribution < -0.4 is 11.5 Å². The molecule has 1 aromatic heterocycles. The number of aromatic amines is 1. The Morgan fingerprint density at radius 2 is 1.76 bits per heavy atom. The summed E-state index contributed by atoms with van der Waals surface area (Å²) >= 11 is 14.2. The van der Waals surface area contributed by atoms with Crippen LogP contribution in [0.3, 0.4) is 0 Å². The number of H-pyrrole nitrogens is 1. The Balaban J connectivity index is 2.21. The van der Waals surface area contributed by atoms with Crippen LogP contribution in [0.25, 0.3) is 11.0 Å². The van der Waals surface area contributed by atoms with Crippen molar-refractivity contribution < 1.29 is 0 Å². The third-order valence-electron chi connectivity index (χ3n) is 3.40. The SMILES string of the molecule is NC1=CCC(N)(c2nc3c(Br)c(Br)c(Br)c(Br)c3[nH]2)C=C1. The fraction of sp³-hybridized carbons (Fsp3) is 0.154. The van der Waals surface area contributed by atoms with Gasteiger partial charge in [0.1, 0.15) is 11.3 Å². The van der Waals surface area contributed by atoms with Crippen molar-refractivity contribution in [3.63, 3.8) is 0 Å². The molecule has 0 spiro atoms. The van der Waals surface area contributed by atoms with Crippen molar-refractivity contribution in [1.29, 1.82) is 0 Å². The van der Waals surface area contributed by atoms with Crippen LogP contribution >= 0.6 is 63.7 Å². The van der Waals surface area contributed by atoms with Crippen LogP contribution in [-0.2, 0) is 5.54 Å². The number of nitrogens with two attached hydrogens (primary N) is 2. The Morgan fingerprint density at radius 3 is 2.38 bits per heavy atom. The molecule has 0 saturated heterocycles. The maximum Gasteiger partial charge on any atom is 0.131 e. The van der Waals surface area contributed by atoms with Crippen LogP contribution in [0.4, 0.5) is 0 Å². The summed E-state index contributed by atoms with van der Waals surface area (Å²) in [6.45, 7) is 0. The van der Waals surface area contributed by atoms with E-state index in [1.54, 1.807) is 0 Å². The molecule has 0 aliphatic heterocycles. The highest BCUT2D eigenvalue weighted by molar-refractivity contribution is 9.15. The van der Waals surface area contributed by atoms with Crippen LogP contribution in [0, 0.1) is 0 Å². The molecule has 1 heterocycles. The monoisotopic (exact) mass is 538 g/mol. The third-order valence-corrected chi connectivity index (χ3v) is 8.15. The van der Waals surface area contributed by atoms with E-state index in [1.807, 2.05) is 18.2 Å². The molecule has 1 aliphatic carbocycles. The molecule has 2 aromatic rings.